The molecule has 7 nitrogen and oxygen atoms in total. The first-order chi connectivity index (χ1) is 14.7. The van der Waals surface area contributed by atoms with Crippen molar-refractivity contribution in [1.29, 1.82) is 5.41 Å². The van der Waals surface area contributed by atoms with Crippen molar-refractivity contribution in [2.24, 2.45) is 11.7 Å². The molecule has 1 aromatic carbocycles. The third-order valence-electron chi connectivity index (χ3n) is 5.14. The summed E-state index contributed by atoms with van der Waals surface area (Å²) >= 11 is 0. The molecule has 0 saturated heterocycles. The van der Waals surface area contributed by atoms with Crippen LogP contribution >= 0.6 is 0 Å². The van der Waals surface area contributed by atoms with Crippen molar-refractivity contribution in [2.75, 3.05) is 6.61 Å². The molecular formula is C23H19N5O2. The van der Waals surface area contributed by atoms with E-state index in [0.29, 0.717) is 17.5 Å². The number of benzene rings is 1. The second-order valence-electron chi connectivity index (χ2n) is 7.37. The lowest BCUT2D eigenvalue weighted by Crippen LogP contribution is -2.22. The van der Waals surface area contributed by atoms with E-state index in [9.17, 15) is 0 Å². The van der Waals surface area contributed by atoms with Crippen molar-refractivity contribution >= 4 is 6.02 Å². The molecular weight excluding hydrogens is 378 g/mol. The summed E-state index contributed by atoms with van der Waals surface area (Å²) in [5, 5.41) is 7.49. The Labute approximate surface area is 173 Å². The van der Waals surface area contributed by atoms with Gasteiger partial charge in [0.1, 0.15) is 18.7 Å². The summed E-state index contributed by atoms with van der Waals surface area (Å²) in [6, 6.07) is 7.57. The Kier molecular flexibility index (Phi) is 4.52. The zero-order valence-corrected chi connectivity index (χ0v) is 16.1. The van der Waals surface area contributed by atoms with Crippen molar-refractivity contribution in [1.82, 2.24) is 15.0 Å². The molecule has 7 heteroatoms. The first-order valence-corrected chi connectivity index (χ1v) is 9.73. The Morgan fingerprint density at radius 1 is 1.13 bits per heavy atom. The monoisotopic (exact) mass is 397 g/mol. The Morgan fingerprint density at radius 2 is 1.97 bits per heavy atom. The van der Waals surface area contributed by atoms with E-state index < -0.39 is 0 Å². The van der Waals surface area contributed by atoms with Gasteiger partial charge in [0.15, 0.2) is 0 Å². The molecule has 3 aromatic rings. The summed E-state index contributed by atoms with van der Waals surface area (Å²) in [6.45, 7) is 0.203. The second kappa shape index (κ2) is 7.48. The van der Waals surface area contributed by atoms with Crippen LogP contribution in [0.4, 0.5) is 0 Å². The topological polar surface area (TPSA) is 107 Å². The van der Waals surface area contributed by atoms with Crippen LogP contribution in [-0.4, -0.2) is 27.6 Å². The van der Waals surface area contributed by atoms with Gasteiger partial charge in [0.2, 0.25) is 5.88 Å². The lowest BCUT2D eigenvalue weighted by Gasteiger charge is -2.27. The van der Waals surface area contributed by atoms with Crippen LogP contribution in [0.3, 0.4) is 0 Å². The van der Waals surface area contributed by atoms with Gasteiger partial charge in [-0.1, -0.05) is 17.9 Å². The van der Waals surface area contributed by atoms with Crippen molar-refractivity contribution in [3.8, 4) is 34.6 Å². The number of ether oxygens (including phenoxy) is 2. The van der Waals surface area contributed by atoms with Gasteiger partial charge in [-0.25, -0.2) is 15.0 Å². The van der Waals surface area contributed by atoms with Gasteiger partial charge in [0.25, 0.3) is 6.02 Å². The highest BCUT2D eigenvalue weighted by atomic mass is 16.5. The standard InChI is InChI=1S/C23H19N5O2/c24-23(25)29-12-20-18-8-16(17-10-26-13-27-11-17)5-6-21(18)30-22-19(20)7-15(9-28-22)4-3-14-1-2-14/h5-11,13-14,20H,1-2,12H2,(H3,24,25)/t20-/m1/s1. The number of nitrogens with two attached hydrogens (primary N) is 1. The summed E-state index contributed by atoms with van der Waals surface area (Å²) < 4.78 is 11.5. The maximum atomic E-state index is 7.49. The van der Waals surface area contributed by atoms with Gasteiger partial charge >= 0.3 is 0 Å². The highest BCUT2D eigenvalue weighted by Crippen LogP contribution is 2.44. The number of hydrogen-bond donors (Lipinski definition) is 2. The Bertz CT molecular complexity index is 1180. The Balaban J connectivity index is 1.57. The molecule has 0 bridgehead atoms. The molecule has 1 fully saturated rings. The molecule has 3 heterocycles. The predicted octanol–water partition coefficient (Wildman–Crippen LogP) is 3.45. The first kappa shape index (κ1) is 18.1. The smallest absolute Gasteiger partial charge is 0.279 e. The van der Waals surface area contributed by atoms with Crippen molar-refractivity contribution < 1.29 is 9.47 Å². The average molecular weight is 397 g/mol. The molecule has 1 aliphatic carbocycles. The van der Waals surface area contributed by atoms with Crippen molar-refractivity contribution in [3.63, 3.8) is 0 Å². The quantitative estimate of drug-likeness (QED) is 0.398. The minimum Gasteiger partial charge on any atom is -0.465 e. The number of hydrogen-bond acceptors (Lipinski definition) is 6. The van der Waals surface area contributed by atoms with Gasteiger partial charge in [0.05, 0.1) is 5.92 Å². The minimum atomic E-state index is -0.324. The van der Waals surface area contributed by atoms with Gasteiger partial charge in [0, 0.05) is 46.8 Å². The fourth-order valence-electron chi connectivity index (χ4n) is 3.45. The molecule has 1 aliphatic heterocycles. The van der Waals surface area contributed by atoms with Gasteiger partial charge in [-0.15, -0.1) is 0 Å². The minimum absolute atomic E-state index is 0.201. The van der Waals surface area contributed by atoms with Crippen LogP contribution in [-0.2, 0) is 4.74 Å². The van der Waals surface area contributed by atoms with E-state index in [-0.39, 0.29) is 18.5 Å². The maximum Gasteiger partial charge on any atom is 0.279 e. The number of aromatic nitrogens is 3. The Hall–Kier alpha value is -3.92. The molecule has 0 radical (unpaired) electrons. The molecule has 0 amide bonds. The molecule has 30 heavy (non-hydrogen) atoms. The summed E-state index contributed by atoms with van der Waals surface area (Å²) in [5.41, 5.74) is 9.97. The number of fused-ring (bicyclic) bond motifs is 2. The Morgan fingerprint density at radius 3 is 2.73 bits per heavy atom. The van der Waals surface area contributed by atoms with Crippen LogP contribution in [0.5, 0.6) is 11.6 Å². The van der Waals surface area contributed by atoms with E-state index in [2.05, 4.69) is 26.8 Å². The van der Waals surface area contributed by atoms with Crippen molar-refractivity contribution in [2.45, 2.75) is 18.8 Å². The van der Waals surface area contributed by atoms with Crippen LogP contribution in [0.15, 0.2) is 49.2 Å². The molecule has 3 N–H and O–H groups in total. The van der Waals surface area contributed by atoms with Crippen LogP contribution in [0.1, 0.15) is 35.4 Å². The second-order valence-corrected chi connectivity index (χ2v) is 7.37. The molecule has 2 aliphatic rings. The highest BCUT2D eigenvalue weighted by molar-refractivity contribution is 5.69. The third kappa shape index (κ3) is 3.67. The zero-order valence-electron chi connectivity index (χ0n) is 16.1. The number of pyridine rings is 1. The molecule has 1 saturated carbocycles. The molecule has 0 spiro atoms. The fraction of sp³-hybridized carbons (Fsp3) is 0.217. The van der Waals surface area contributed by atoms with Gasteiger partial charge in [-0.3, -0.25) is 5.41 Å². The third-order valence-corrected chi connectivity index (χ3v) is 5.14. The lowest BCUT2D eigenvalue weighted by atomic mass is 9.87. The van der Waals surface area contributed by atoms with Crippen molar-refractivity contribution in [3.05, 3.63) is 65.9 Å². The fourth-order valence-corrected chi connectivity index (χ4v) is 3.45. The van der Waals surface area contributed by atoms with Gasteiger partial charge in [-0.05, 0) is 36.6 Å². The van der Waals surface area contributed by atoms with E-state index in [1.165, 1.54) is 19.2 Å². The SMILES string of the molecule is N=C(N)OC[C@@H]1c2cc(-c3cncnc3)ccc2Oc2ncc(C#CC3CC3)cc21. The number of nitrogens with zero attached hydrogens (tertiary/aromatic N) is 3. The van der Waals surface area contributed by atoms with Crippen LogP contribution < -0.4 is 10.5 Å². The van der Waals surface area contributed by atoms with E-state index in [4.69, 9.17) is 20.6 Å². The summed E-state index contributed by atoms with van der Waals surface area (Å²) in [5.74, 6) is 8.00. The number of amidine groups is 1. The maximum absolute atomic E-state index is 7.49. The normalized spacial score (nSPS) is 16.3. The van der Waals surface area contributed by atoms with E-state index in [0.717, 1.165) is 27.8 Å². The van der Waals surface area contributed by atoms with Gasteiger partial charge in [-0.2, -0.15) is 0 Å². The largest absolute Gasteiger partial charge is 0.465 e. The van der Waals surface area contributed by atoms with Crippen LogP contribution in [0.25, 0.3) is 11.1 Å². The van der Waals surface area contributed by atoms with Crippen LogP contribution in [0.2, 0.25) is 0 Å². The summed E-state index contributed by atoms with van der Waals surface area (Å²) in [7, 11) is 0. The van der Waals surface area contributed by atoms with E-state index >= 15 is 0 Å². The van der Waals surface area contributed by atoms with Crippen LogP contribution in [0, 0.1) is 23.2 Å². The zero-order chi connectivity index (χ0) is 20.5. The number of rotatable bonds is 3. The highest BCUT2D eigenvalue weighted by Gasteiger charge is 2.30. The summed E-state index contributed by atoms with van der Waals surface area (Å²) in [4.78, 5) is 12.7. The molecule has 148 valence electrons. The van der Waals surface area contributed by atoms with E-state index in [1.54, 1.807) is 18.6 Å². The average Bonchev–Trinajstić information content (AvgIpc) is 3.60. The predicted molar refractivity (Wildman–Crippen MR) is 111 cm³/mol. The summed E-state index contributed by atoms with van der Waals surface area (Å²) in [6.07, 6.45) is 9.10. The molecule has 0 unspecified atom stereocenters. The number of nitrogens with one attached hydrogen (secondary N) is 1. The van der Waals surface area contributed by atoms with Gasteiger partial charge < -0.3 is 15.2 Å². The molecule has 1 atom stereocenters. The molecule has 2 aromatic heterocycles. The van der Waals surface area contributed by atoms with E-state index in [1.807, 2.05) is 24.3 Å². The first-order valence-electron chi connectivity index (χ1n) is 9.73. The lowest BCUT2D eigenvalue weighted by molar-refractivity contribution is 0.273. The molecule has 5 rings (SSSR count).